The van der Waals surface area contributed by atoms with Crippen LogP contribution < -0.4 is 0 Å². The molecule has 4 aliphatic rings. The third kappa shape index (κ3) is 3.25. The van der Waals surface area contributed by atoms with Crippen molar-refractivity contribution in [3.63, 3.8) is 0 Å². The van der Waals surface area contributed by atoms with Crippen LogP contribution in [0.1, 0.15) is 66.7 Å². The van der Waals surface area contributed by atoms with Gasteiger partial charge in [-0.3, -0.25) is 14.4 Å². The Kier molecular flexibility index (Phi) is 5.37. The molecule has 0 amide bonds. The van der Waals surface area contributed by atoms with Crippen molar-refractivity contribution in [1.29, 1.82) is 0 Å². The quantitative estimate of drug-likeness (QED) is 0.649. The molecular formula is C26H36O6. The summed E-state index contributed by atoms with van der Waals surface area (Å²) in [6.07, 6.45) is 7.48. The van der Waals surface area contributed by atoms with Crippen LogP contribution in [0.4, 0.5) is 0 Å². The number of hydrogen-bond donors (Lipinski definition) is 2. The first-order valence-electron chi connectivity index (χ1n) is 11.8. The summed E-state index contributed by atoms with van der Waals surface area (Å²) in [6, 6.07) is 0. The lowest BCUT2D eigenvalue weighted by Crippen LogP contribution is -2.61. The van der Waals surface area contributed by atoms with E-state index in [2.05, 4.69) is 6.92 Å². The van der Waals surface area contributed by atoms with Crippen LogP contribution >= 0.6 is 0 Å². The average Bonchev–Trinajstić information content (AvgIpc) is 2.97. The maximum absolute atomic E-state index is 13.2. The fourth-order valence-electron chi connectivity index (χ4n) is 7.26. The van der Waals surface area contributed by atoms with Crippen molar-refractivity contribution in [2.24, 2.45) is 34.0 Å². The smallest absolute Gasteiger partial charge is 0.311 e. The van der Waals surface area contributed by atoms with E-state index in [0.29, 0.717) is 19.3 Å². The van der Waals surface area contributed by atoms with Crippen LogP contribution in [0.3, 0.4) is 0 Å². The number of ketones is 2. The topological polar surface area (TPSA) is 101 Å². The highest BCUT2D eigenvalue weighted by atomic mass is 16.5. The highest BCUT2D eigenvalue weighted by Gasteiger charge is 2.68. The van der Waals surface area contributed by atoms with E-state index in [1.165, 1.54) is 0 Å². The summed E-state index contributed by atoms with van der Waals surface area (Å²) in [7, 11) is 0. The third-order valence-corrected chi connectivity index (χ3v) is 9.06. The molecule has 0 unspecified atom stereocenters. The molecule has 0 aliphatic heterocycles. The normalized spacial score (nSPS) is 43.1. The number of aliphatic hydroxyl groups is 2. The molecule has 0 spiro atoms. The van der Waals surface area contributed by atoms with Crippen molar-refractivity contribution in [3.8, 4) is 0 Å². The predicted octanol–water partition coefficient (Wildman–Crippen LogP) is 3.15. The Morgan fingerprint density at radius 1 is 1.22 bits per heavy atom. The first kappa shape index (κ1) is 23.4. The van der Waals surface area contributed by atoms with Gasteiger partial charge in [0.1, 0.15) is 5.60 Å². The molecule has 0 aromatic carbocycles. The second kappa shape index (κ2) is 7.36. The second-order valence-electron chi connectivity index (χ2n) is 11.9. The number of aliphatic hydroxyl groups excluding tert-OH is 1. The molecule has 176 valence electrons. The molecule has 0 aromatic heterocycles. The molecule has 6 heteroatoms. The van der Waals surface area contributed by atoms with Gasteiger partial charge in [0.25, 0.3) is 0 Å². The Morgan fingerprint density at radius 3 is 2.56 bits per heavy atom. The Hall–Kier alpha value is -1.79. The molecule has 0 saturated heterocycles. The number of ether oxygens (including phenoxy) is 1. The van der Waals surface area contributed by atoms with Crippen LogP contribution in [0.25, 0.3) is 0 Å². The van der Waals surface area contributed by atoms with Crippen LogP contribution in [0.2, 0.25) is 0 Å². The number of Topliss-reactive ketones (excluding diaryl/α,β-unsaturated/α-hetero) is 1. The zero-order chi connectivity index (χ0) is 23.7. The molecule has 0 heterocycles. The monoisotopic (exact) mass is 444 g/mol. The Labute approximate surface area is 190 Å². The number of carbonyl (C=O) groups is 3. The van der Waals surface area contributed by atoms with Gasteiger partial charge in [-0.1, -0.05) is 25.5 Å². The molecule has 2 N–H and O–H groups in total. The zero-order valence-electron chi connectivity index (χ0n) is 19.8. The number of hydrogen-bond acceptors (Lipinski definition) is 6. The average molecular weight is 445 g/mol. The van der Waals surface area contributed by atoms with E-state index in [1.807, 2.05) is 13.0 Å². The molecule has 3 fully saturated rings. The van der Waals surface area contributed by atoms with Gasteiger partial charge >= 0.3 is 5.97 Å². The summed E-state index contributed by atoms with van der Waals surface area (Å²) in [5.41, 5.74) is -2.45. The fraction of sp³-hybridized carbons (Fsp3) is 0.731. The minimum atomic E-state index is -1.63. The van der Waals surface area contributed by atoms with Gasteiger partial charge < -0.3 is 14.9 Å². The SMILES string of the molecule is CC(C)(C)C(=O)OCC(=O)[C@@]1(O)CC[C@@H]2[C@@H]3CCC4=CC(=O)C=C[C@]4(C)[C@@H]3[C@@H](O)C[C@@]21C. The molecule has 7 atom stereocenters. The van der Waals surface area contributed by atoms with Gasteiger partial charge in [0.05, 0.1) is 11.5 Å². The maximum Gasteiger partial charge on any atom is 0.311 e. The largest absolute Gasteiger partial charge is 0.457 e. The number of esters is 1. The zero-order valence-corrected chi connectivity index (χ0v) is 19.8. The van der Waals surface area contributed by atoms with E-state index in [1.54, 1.807) is 32.9 Å². The maximum atomic E-state index is 13.2. The number of carbonyl (C=O) groups excluding carboxylic acids is 3. The highest BCUT2D eigenvalue weighted by Crippen LogP contribution is 2.67. The molecule has 4 rings (SSSR count). The van der Waals surface area contributed by atoms with Crippen LogP contribution in [0.5, 0.6) is 0 Å². The van der Waals surface area contributed by atoms with Crippen LogP contribution in [0.15, 0.2) is 23.8 Å². The number of fused-ring (bicyclic) bond motifs is 5. The summed E-state index contributed by atoms with van der Waals surface area (Å²) in [5.74, 6) is -0.791. The van der Waals surface area contributed by atoms with Gasteiger partial charge in [0, 0.05) is 16.7 Å². The lowest BCUT2D eigenvalue weighted by Gasteiger charge is -2.59. The molecule has 6 nitrogen and oxygen atoms in total. The first-order valence-corrected chi connectivity index (χ1v) is 11.8. The van der Waals surface area contributed by atoms with Crippen molar-refractivity contribution >= 4 is 17.5 Å². The minimum absolute atomic E-state index is 0.00305. The molecule has 3 saturated carbocycles. The van der Waals surface area contributed by atoms with Crippen molar-refractivity contribution in [2.45, 2.75) is 78.4 Å². The van der Waals surface area contributed by atoms with Crippen molar-refractivity contribution in [1.82, 2.24) is 0 Å². The lowest BCUT2D eigenvalue weighted by atomic mass is 9.46. The van der Waals surface area contributed by atoms with Crippen LogP contribution in [-0.4, -0.2) is 46.1 Å². The van der Waals surface area contributed by atoms with Crippen molar-refractivity contribution < 1.29 is 29.3 Å². The molecule has 32 heavy (non-hydrogen) atoms. The molecular weight excluding hydrogens is 408 g/mol. The van der Waals surface area contributed by atoms with E-state index in [-0.39, 0.29) is 29.0 Å². The standard InChI is InChI=1S/C26H36O6/c1-23(2,3)22(30)32-14-20(29)26(31)11-9-18-17-7-6-15-12-16(27)8-10-24(15,4)21(17)19(28)13-25(18,26)5/h8,10,12,17-19,21,28,31H,6-7,9,11,13-14H2,1-5H3/t17-,18+,19-,21-,24-,25-,26-/m0/s1. The predicted molar refractivity (Wildman–Crippen MR) is 118 cm³/mol. The van der Waals surface area contributed by atoms with Crippen LogP contribution in [0, 0.1) is 34.0 Å². The second-order valence-corrected chi connectivity index (χ2v) is 11.9. The van der Waals surface area contributed by atoms with Crippen LogP contribution in [-0.2, 0) is 19.1 Å². The summed E-state index contributed by atoms with van der Waals surface area (Å²) in [4.78, 5) is 37.3. The lowest BCUT2D eigenvalue weighted by molar-refractivity contribution is -0.182. The highest BCUT2D eigenvalue weighted by molar-refractivity contribution is 6.01. The Balaban J connectivity index is 1.60. The van der Waals surface area contributed by atoms with Gasteiger partial charge in [-0.25, -0.2) is 0 Å². The van der Waals surface area contributed by atoms with Gasteiger partial charge in [0.15, 0.2) is 12.4 Å². The third-order valence-electron chi connectivity index (χ3n) is 9.06. The van der Waals surface area contributed by atoms with Gasteiger partial charge in [-0.05, 0) is 76.9 Å². The molecule has 0 bridgehead atoms. The van der Waals surface area contributed by atoms with Crippen molar-refractivity contribution in [2.75, 3.05) is 6.61 Å². The Morgan fingerprint density at radius 2 is 1.91 bits per heavy atom. The summed E-state index contributed by atoms with van der Waals surface area (Å²) in [5, 5.41) is 23.0. The first-order chi connectivity index (χ1) is 14.7. The summed E-state index contributed by atoms with van der Waals surface area (Å²) in [6.45, 7) is 8.73. The summed E-state index contributed by atoms with van der Waals surface area (Å²) >= 11 is 0. The molecule has 0 aromatic rings. The number of rotatable bonds is 3. The van der Waals surface area contributed by atoms with Gasteiger partial charge in [-0.15, -0.1) is 0 Å². The van der Waals surface area contributed by atoms with Crippen molar-refractivity contribution in [3.05, 3.63) is 23.8 Å². The Bertz CT molecular complexity index is 910. The number of allylic oxidation sites excluding steroid dienone is 4. The van der Waals surface area contributed by atoms with E-state index < -0.39 is 40.9 Å². The van der Waals surface area contributed by atoms with E-state index in [9.17, 15) is 24.6 Å². The summed E-state index contributed by atoms with van der Waals surface area (Å²) < 4.78 is 5.24. The van der Waals surface area contributed by atoms with E-state index in [4.69, 9.17) is 4.74 Å². The molecule has 0 radical (unpaired) electrons. The van der Waals surface area contributed by atoms with E-state index in [0.717, 1.165) is 18.4 Å². The fourth-order valence-corrected chi connectivity index (χ4v) is 7.26. The van der Waals surface area contributed by atoms with Gasteiger partial charge in [-0.2, -0.15) is 0 Å². The van der Waals surface area contributed by atoms with Gasteiger partial charge in [0.2, 0.25) is 5.78 Å². The van der Waals surface area contributed by atoms with E-state index >= 15 is 0 Å². The minimum Gasteiger partial charge on any atom is -0.457 e. The molecule has 4 aliphatic carbocycles.